The van der Waals surface area contributed by atoms with Crippen LogP contribution >= 0.6 is 23.2 Å². The van der Waals surface area contributed by atoms with Gasteiger partial charge in [-0.15, -0.1) is 0 Å². The van der Waals surface area contributed by atoms with Gasteiger partial charge in [-0.1, -0.05) is 23.2 Å². The summed E-state index contributed by atoms with van der Waals surface area (Å²) < 4.78 is 5.10. The number of carbonyl (C=O) groups excluding carboxylic acids is 1. The number of carboxylic acid groups (broad SMARTS) is 1. The second-order valence-corrected chi connectivity index (χ2v) is 4.35. The standard InChI is InChI=1S/C11H11Cl2NO5/c12-6-1-2-9(7(13)3-6)19-5-10(16)14-8(4-15)11(17)18/h1-3,8,15H,4-5H2,(H,14,16)(H,17,18). The van der Waals surface area contributed by atoms with Gasteiger partial charge in [0.05, 0.1) is 11.6 Å². The van der Waals surface area contributed by atoms with Gasteiger partial charge in [0.1, 0.15) is 11.8 Å². The number of halogens is 2. The molecular weight excluding hydrogens is 297 g/mol. The number of aliphatic hydroxyl groups excluding tert-OH is 1. The molecule has 0 spiro atoms. The van der Waals surface area contributed by atoms with Crippen LogP contribution in [0.2, 0.25) is 10.0 Å². The second-order valence-electron chi connectivity index (χ2n) is 3.50. The largest absolute Gasteiger partial charge is 0.482 e. The number of hydrogen-bond donors (Lipinski definition) is 3. The molecule has 0 aliphatic heterocycles. The van der Waals surface area contributed by atoms with E-state index in [2.05, 4.69) is 5.32 Å². The van der Waals surface area contributed by atoms with Crippen LogP contribution in [-0.4, -0.2) is 41.3 Å². The fourth-order valence-electron chi connectivity index (χ4n) is 1.16. The molecule has 1 aromatic rings. The summed E-state index contributed by atoms with van der Waals surface area (Å²) in [6.45, 7) is -1.13. The van der Waals surface area contributed by atoms with E-state index in [9.17, 15) is 9.59 Å². The molecule has 8 heteroatoms. The maximum atomic E-state index is 11.4. The first-order valence-electron chi connectivity index (χ1n) is 5.15. The van der Waals surface area contributed by atoms with Crippen LogP contribution in [0.1, 0.15) is 0 Å². The van der Waals surface area contributed by atoms with E-state index >= 15 is 0 Å². The summed E-state index contributed by atoms with van der Waals surface area (Å²) in [6.07, 6.45) is 0. The Kier molecular flexibility index (Phi) is 5.88. The molecule has 0 aliphatic rings. The topological polar surface area (TPSA) is 95.9 Å². The van der Waals surface area contributed by atoms with Crippen molar-refractivity contribution in [2.24, 2.45) is 0 Å². The number of aliphatic hydroxyl groups is 1. The summed E-state index contributed by atoms with van der Waals surface area (Å²) in [5, 5.41) is 20.1. The van der Waals surface area contributed by atoms with Crippen molar-refractivity contribution in [3.8, 4) is 5.75 Å². The van der Waals surface area contributed by atoms with Crippen molar-refractivity contribution in [1.29, 1.82) is 0 Å². The Balaban J connectivity index is 2.52. The smallest absolute Gasteiger partial charge is 0.328 e. The van der Waals surface area contributed by atoms with Gasteiger partial charge in [-0.3, -0.25) is 4.79 Å². The minimum atomic E-state index is -1.36. The Bertz CT molecular complexity index is 480. The lowest BCUT2D eigenvalue weighted by atomic mass is 10.3. The zero-order valence-corrected chi connectivity index (χ0v) is 11.1. The molecular formula is C11H11Cl2NO5. The van der Waals surface area contributed by atoms with Crippen LogP contribution in [0, 0.1) is 0 Å². The van der Waals surface area contributed by atoms with E-state index in [0.29, 0.717) is 5.02 Å². The molecule has 0 saturated heterocycles. The van der Waals surface area contributed by atoms with Gasteiger partial charge < -0.3 is 20.3 Å². The number of nitrogens with one attached hydrogen (secondary N) is 1. The van der Waals surface area contributed by atoms with Crippen molar-refractivity contribution in [3.05, 3.63) is 28.2 Å². The summed E-state index contributed by atoms with van der Waals surface area (Å²) in [4.78, 5) is 22.0. The highest BCUT2D eigenvalue weighted by Gasteiger charge is 2.18. The van der Waals surface area contributed by atoms with Gasteiger partial charge in [0.25, 0.3) is 5.91 Å². The summed E-state index contributed by atoms with van der Waals surface area (Å²) >= 11 is 11.5. The van der Waals surface area contributed by atoms with E-state index in [1.807, 2.05) is 0 Å². The first-order valence-corrected chi connectivity index (χ1v) is 5.90. The highest BCUT2D eigenvalue weighted by molar-refractivity contribution is 6.35. The molecule has 6 nitrogen and oxygen atoms in total. The number of rotatable bonds is 6. The fourth-order valence-corrected chi connectivity index (χ4v) is 1.62. The Morgan fingerprint density at radius 2 is 2.05 bits per heavy atom. The molecule has 19 heavy (non-hydrogen) atoms. The highest BCUT2D eigenvalue weighted by Crippen LogP contribution is 2.27. The predicted octanol–water partition coefficient (Wildman–Crippen LogP) is 0.934. The van der Waals surface area contributed by atoms with Crippen LogP contribution in [0.25, 0.3) is 0 Å². The summed E-state index contributed by atoms with van der Waals surface area (Å²) in [6, 6.07) is 3.11. The number of carboxylic acids is 1. The monoisotopic (exact) mass is 307 g/mol. The van der Waals surface area contributed by atoms with Crippen LogP contribution in [0.3, 0.4) is 0 Å². The Labute approximate surface area is 118 Å². The lowest BCUT2D eigenvalue weighted by Gasteiger charge is -2.12. The molecule has 0 heterocycles. The Morgan fingerprint density at radius 1 is 1.37 bits per heavy atom. The maximum Gasteiger partial charge on any atom is 0.328 e. The van der Waals surface area contributed by atoms with E-state index in [4.69, 9.17) is 38.2 Å². The van der Waals surface area contributed by atoms with Crippen molar-refractivity contribution in [2.45, 2.75) is 6.04 Å². The number of benzene rings is 1. The van der Waals surface area contributed by atoms with E-state index in [1.165, 1.54) is 18.2 Å². The molecule has 1 amide bonds. The van der Waals surface area contributed by atoms with Crippen molar-refractivity contribution in [3.63, 3.8) is 0 Å². The normalized spacial score (nSPS) is 11.7. The Morgan fingerprint density at radius 3 is 2.58 bits per heavy atom. The SMILES string of the molecule is O=C(COc1ccc(Cl)cc1Cl)NC(CO)C(=O)O. The van der Waals surface area contributed by atoms with Crippen molar-refractivity contribution in [2.75, 3.05) is 13.2 Å². The molecule has 1 aromatic carbocycles. The lowest BCUT2D eigenvalue weighted by Crippen LogP contribution is -2.45. The fraction of sp³-hybridized carbons (Fsp3) is 0.273. The van der Waals surface area contributed by atoms with E-state index in [-0.39, 0.29) is 10.8 Å². The molecule has 0 fully saturated rings. The van der Waals surface area contributed by atoms with E-state index in [1.54, 1.807) is 0 Å². The number of carbonyl (C=O) groups is 2. The van der Waals surface area contributed by atoms with Gasteiger partial charge in [0.2, 0.25) is 0 Å². The molecule has 0 aromatic heterocycles. The highest BCUT2D eigenvalue weighted by atomic mass is 35.5. The van der Waals surface area contributed by atoms with Gasteiger partial charge in [0, 0.05) is 5.02 Å². The third kappa shape index (κ3) is 4.94. The van der Waals surface area contributed by atoms with E-state index in [0.717, 1.165) is 0 Å². The van der Waals surface area contributed by atoms with Gasteiger partial charge >= 0.3 is 5.97 Å². The molecule has 1 unspecified atom stereocenters. The molecule has 0 aliphatic carbocycles. The maximum absolute atomic E-state index is 11.4. The molecule has 0 saturated carbocycles. The average Bonchev–Trinajstić information content (AvgIpc) is 2.34. The van der Waals surface area contributed by atoms with Crippen molar-refractivity contribution in [1.82, 2.24) is 5.32 Å². The van der Waals surface area contributed by atoms with Gasteiger partial charge in [-0.25, -0.2) is 4.79 Å². The first kappa shape index (κ1) is 15.6. The molecule has 1 rings (SSSR count). The predicted molar refractivity (Wildman–Crippen MR) is 68.6 cm³/mol. The third-order valence-corrected chi connectivity index (χ3v) is 2.60. The Hall–Kier alpha value is -1.50. The average molecular weight is 308 g/mol. The van der Waals surface area contributed by atoms with Gasteiger partial charge in [0.15, 0.2) is 6.61 Å². The van der Waals surface area contributed by atoms with Gasteiger partial charge in [-0.2, -0.15) is 0 Å². The third-order valence-electron chi connectivity index (χ3n) is 2.07. The minimum absolute atomic E-state index is 0.234. The molecule has 0 bridgehead atoms. The number of ether oxygens (including phenoxy) is 1. The quantitative estimate of drug-likeness (QED) is 0.726. The summed E-state index contributed by atoms with van der Waals surface area (Å²) in [5.41, 5.74) is 0. The molecule has 1 atom stereocenters. The van der Waals surface area contributed by atoms with Crippen molar-refractivity contribution < 1.29 is 24.5 Å². The number of amides is 1. The molecule has 104 valence electrons. The van der Waals surface area contributed by atoms with Crippen LogP contribution in [-0.2, 0) is 9.59 Å². The lowest BCUT2D eigenvalue weighted by molar-refractivity contribution is -0.143. The van der Waals surface area contributed by atoms with E-state index < -0.39 is 31.1 Å². The summed E-state index contributed by atoms with van der Waals surface area (Å²) in [7, 11) is 0. The summed E-state index contributed by atoms with van der Waals surface area (Å²) in [5.74, 6) is -1.77. The van der Waals surface area contributed by atoms with Crippen LogP contribution in [0.4, 0.5) is 0 Å². The van der Waals surface area contributed by atoms with Gasteiger partial charge in [-0.05, 0) is 18.2 Å². The van der Waals surface area contributed by atoms with Crippen LogP contribution in [0.5, 0.6) is 5.75 Å². The van der Waals surface area contributed by atoms with Crippen molar-refractivity contribution >= 4 is 35.1 Å². The zero-order chi connectivity index (χ0) is 14.4. The minimum Gasteiger partial charge on any atom is -0.482 e. The number of hydrogen-bond acceptors (Lipinski definition) is 4. The first-order chi connectivity index (χ1) is 8.93. The molecule has 3 N–H and O–H groups in total. The van der Waals surface area contributed by atoms with Crippen LogP contribution < -0.4 is 10.1 Å². The molecule has 0 radical (unpaired) electrons. The zero-order valence-electron chi connectivity index (χ0n) is 9.60. The van der Waals surface area contributed by atoms with Crippen LogP contribution in [0.15, 0.2) is 18.2 Å². The number of aliphatic carboxylic acids is 1. The second kappa shape index (κ2) is 7.18.